The lowest BCUT2D eigenvalue weighted by molar-refractivity contribution is 0.660. The van der Waals surface area contributed by atoms with Crippen LogP contribution in [0.3, 0.4) is 0 Å². The average molecular weight is 602 g/mol. The highest BCUT2D eigenvalue weighted by Gasteiger charge is 2.35. The zero-order valence-corrected chi connectivity index (χ0v) is 26.3. The minimum Gasteiger partial charge on any atom is -0.456 e. The number of rotatable bonds is 3. The van der Waals surface area contributed by atoms with E-state index in [4.69, 9.17) is 4.42 Å². The Morgan fingerprint density at radius 1 is 0.447 bits per heavy atom. The first-order chi connectivity index (χ1) is 23.1. The molecule has 1 aliphatic rings. The predicted octanol–water partition coefficient (Wildman–Crippen LogP) is 12.8. The summed E-state index contributed by atoms with van der Waals surface area (Å²) in [5, 5.41) is 9.71. The topological polar surface area (TPSA) is 16.4 Å². The van der Waals surface area contributed by atoms with E-state index in [-0.39, 0.29) is 5.41 Å². The van der Waals surface area contributed by atoms with Gasteiger partial charge in [-0.3, -0.25) is 0 Å². The third-order valence-electron chi connectivity index (χ3n) is 10.4. The molecule has 0 radical (unpaired) electrons. The summed E-state index contributed by atoms with van der Waals surface area (Å²) in [7, 11) is 0. The second kappa shape index (κ2) is 9.57. The molecule has 0 aliphatic heterocycles. The van der Waals surface area contributed by atoms with Crippen LogP contribution in [0, 0.1) is 0 Å². The van der Waals surface area contributed by atoms with Crippen LogP contribution < -0.4 is 4.90 Å². The summed E-state index contributed by atoms with van der Waals surface area (Å²) in [5.41, 5.74) is 10.5. The minimum atomic E-state index is -0.0598. The number of furan rings is 1. The molecule has 0 N–H and O–H groups in total. The number of benzene rings is 8. The summed E-state index contributed by atoms with van der Waals surface area (Å²) in [6.45, 7) is 4.69. The Morgan fingerprint density at radius 3 is 2.00 bits per heavy atom. The molecule has 222 valence electrons. The summed E-state index contributed by atoms with van der Waals surface area (Å²) in [6, 6.07) is 55.4. The van der Waals surface area contributed by atoms with E-state index in [1.54, 1.807) is 0 Å². The molecule has 0 fully saturated rings. The van der Waals surface area contributed by atoms with Gasteiger partial charge in [0, 0.05) is 32.9 Å². The number of hydrogen-bond donors (Lipinski definition) is 0. The molecule has 0 amide bonds. The predicted molar refractivity (Wildman–Crippen MR) is 198 cm³/mol. The van der Waals surface area contributed by atoms with Gasteiger partial charge in [-0.25, -0.2) is 0 Å². The lowest BCUT2D eigenvalue weighted by Gasteiger charge is -2.29. The van der Waals surface area contributed by atoms with Gasteiger partial charge in [0.25, 0.3) is 0 Å². The average Bonchev–Trinajstić information content (AvgIpc) is 3.60. The zero-order valence-electron chi connectivity index (χ0n) is 26.3. The fraction of sp³-hybridized carbons (Fsp3) is 0.0667. The molecule has 0 unspecified atom stereocenters. The summed E-state index contributed by atoms with van der Waals surface area (Å²) in [6.07, 6.45) is 0. The summed E-state index contributed by atoms with van der Waals surface area (Å²) < 4.78 is 6.29. The van der Waals surface area contributed by atoms with Crippen molar-refractivity contribution in [3.8, 4) is 11.1 Å². The van der Waals surface area contributed by atoms with Crippen molar-refractivity contribution < 1.29 is 4.42 Å². The number of anilines is 3. The van der Waals surface area contributed by atoms with E-state index < -0.39 is 0 Å². The van der Waals surface area contributed by atoms with Gasteiger partial charge in [0.2, 0.25) is 0 Å². The molecule has 1 heterocycles. The van der Waals surface area contributed by atoms with Gasteiger partial charge in [0.05, 0.1) is 5.69 Å². The van der Waals surface area contributed by atoms with Gasteiger partial charge in [-0.05, 0) is 91.6 Å². The normalized spacial score (nSPS) is 13.5. The van der Waals surface area contributed by atoms with Crippen molar-refractivity contribution in [2.24, 2.45) is 0 Å². The molecule has 9 aromatic rings. The van der Waals surface area contributed by atoms with Crippen LogP contribution in [-0.4, -0.2) is 0 Å². The molecule has 2 nitrogen and oxygen atoms in total. The van der Waals surface area contributed by atoms with E-state index in [0.717, 1.165) is 39.0 Å². The van der Waals surface area contributed by atoms with Crippen LogP contribution >= 0.6 is 0 Å². The van der Waals surface area contributed by atoms with E-state index in [2.05, 4.69) is 164 Å². The van der Waals surface area contributed by atoms with Crippen molar-refractivity contribution in [3.63, 3.8) is 0 Å². The van der Waals surface area contributed by atoms with Crippen molar-refractivity contribution in [2.75, 3.05) is 4.90 Å². The summed E-state index contributed by atoms with van der Waals surface area (Å²) >= 11 is 0. The molecular weight excluding hydrogens is 571 g/mol. The maximum absolute atomic E-state index is 6.29. The SMILES string of the molecule is CC1(C)c2ccccc2-c2cc(N(c3ccc4oc5ccccc5c4c3)c3cc4ccccc4c4ccc5ccccc5c34)ccc21. The Labute approximate surface area is 273 Å². The van der Waals surface area contributed by atoms with Crippen LogP contribution in [0.1, 0.15) is 25.0 Å². The molecule has 47 heavy (non-hydrogen) atoms. The molecule has 1 aliphatic carbocycles. The third kappa shape index (κ3) is 3.73. The standard InChI is InChI=1S/C45H31NO/c1-45(2)39-17-9-7-15-34(39)37-26-30(20-23-40(37)45)46(31-21-24-43-38(27-31)35-16-8-10-18-42(35)47-43)41-25-29-12-4-5-13-32(29)36-22-19-28-11-3-6-14-33(28)44(36)41/h3-27H,1-2H3. The molecule has 2 heteroatoms. The van der Waals surface area contributed by atoms with Crippen LogP contribution in [-0.2, 0) is 5.41 Å². The van der Waals surface area contributed by atoms with Gasteiger partial charge in [-0.1, -0.05) is 123 Å². The fourth-order valence-corrected chi connectivity index (χ4v) is 8.16. The van der Waals surface area contributed by atoms with Gasteiger partial charge < -0.3 is 9.32 Å². The Morgan fingerprint density at radius 2 is 1.11 bits per heavy atom. The van der Waals surface area contributed by atoms with Gasteiger partial charge in [-0.2, -0.15) is 0 Å². The van der Waals surface area contributed by atoms with Crippen LogP contribution in [0.5, 0.6) is 0 Å². The fourth-order valence-electron chi connectivity index (χ4n) is 8.16. The second-order valence-corrected chi connectivity index (χ2v) is 13.3. The minimum absolute atomic E-state index is 0.0598. The van der Waals surface area contributed by atoms with Crippen LogP contribution in [0.4, 0.5) is 17.1 Å². The van der Waals surface area contributed by atoms with Gasteiger partial charge in [-0.15, -0.1) is 0 Å². The number of para-hydroxylation sites is 1. The summed E-state index contributed by atoms with van der Waals surface area (Å²) in [4.78, 5) is 2.47. The summed E-state index contributed by atoms with van der Waals surface area (Å²) in [5.74, 6) is 0. The smallest absolute Gasteiger partial charge is 0.135 e. The molecule has 0 saturated heterocycles. The van der Waals surface area contributed by atoms with E-state index in [9.17, 15) is 0 Å². The van der Waals surface area contributed by atoms with Crippen LogP contribution in [0.2, 0.25) is 0 Å². The molecule has 0 atom stereocenters. The zero-order chi connectivity index (χ0) is 31.3. The lowest BCUT2D eigenvalue weighted by atomic mass is 9.82. The van der Waals surface area contributed by atoms with E-state index >= 15 is 0 Å². The van der Waals surface area contributed by atoms with E-state index in [1.807, 2.05) is 6.07 Å². The largest absolute Gasteiger partial charge is 0.456 e. The molecule has 0 spiro atoms. The van der Waals surface area contributed by atoms with Crippen molar-refractivity contribution in [2.45, 2.75) is 19.3 Å². The first-order valence-electron chi connectivity index (χ1n) is 16.4. The van der Waals surface area contributed by atoms with E-state index in [1.165, 1.54) is 54.6 Å². The molecule has 0 saturated carbocycles. The Balaban J connectivity index is 1.33. The first-order valence-corrected chi connectivity index (χ1v) is 16.4. The molecule has 8 aromatic carbocycles. The number of fused-ring (bicyclic) bond motifs is 11. The van der Waals surface area contributed by atoms with Crippen LogP contribution in [0.25, 0.3) is 65.4 Å². The maximum Gasteiger partial charge on any atom is 0.135 e. The van der Waals surface area contributed by atoms with E-state index in [0.29, 0.717) is 0 Å². The second-order valence-electron chi connectivity index (χ2n) is 13.3. The van der Waals surface area contributed by atoms with Gasteiger partial charge in [0.15, 0.2) is 0 Å². The number of nitrogens with zero attached hydrogens (tertiary/aromatic N) is 1. The quantitative estimate of drug-likeness (QED) is 0.187. The molecular formula is C45H31NO. The van der Waals surface area contributed by atoms with Crippen molar-refractivity contribution in [3.05, 3.63) is 163 Å². The molecule has 0 bridgehead atoms. The van der Waals surface area contributed by atoms with Crippen LogP contribution in [0.15, 0.2) is 156 Å². The Kier molecular flexibility index (Phi) is 5.37. The highest BCUT2D eigenvalue weighted by molar-refractivity contribution is 6.24. The van der Waals surface area contributed by atoms with Crippen molar-refractivity contribution in [1.29, 1.82) is 0 Å². The lowest BCUT2D eigenvalue weighted by Crippen LogP contribution is -2.15. The Hall–Kier alpha value is -5.86. The van der Waals surface area contributed by atoms with Gasteiger partial charge in [0.1, 0.15) is 11.2 Å². The molecule has 1 aromatic heterocycles. The number of hydrogen-bond acceptors (Lipinski definition) is 2. The highest BCUT2D eigenvalue weighted by Crippen LogP contribution is 2.52. The third-order valence-corrected chi connectivity index (χ3v) is 10.4. The highest BCUT2D eigenvalue weighted by atomic mass is 16.3. The van der Waals surface area contributed by atoms with Gasteiger partial charge >= 0.3 is 0 Å². The van der Waals surface area contributed by atoms with Crippen molar-refractivity contribution in [1.82, 2.24) is 0 Å². The maximum atomic E-state index is 6.29. The Bertz CT molecular complexity index is 2730. The van der Waals surface area contributed by atoms with Crippen molar-refractivity contribution >= 4 is 71.3 Å². The first kappa shape index (κ1) is 26.4. The molecule has 10 rings (SSSR count). The monoisotopic (exact) mass is 601 g/mol.